The number of nitrogens with zero attached hydrogens (tertiary/aromatic N) is 1. The van der Waals surface area contributed by atoms with Gasteiger partial charge in [-0.3, -0.25) is 0 Å². The van der Waals surface area contributed by atoms with Crippen LogP contribution in [0.3, 0.4) is 0 Å². The maximum absolute atomic E-state index is 5.69. The molecule has 5 heteroatoms. The minimum Gasteiger partial charge on any atom is -0.493 e. The van der Waals surface area contributed by atoms with E-state index in [1.807, 2.05) is 26.2 Å². The van der Waals surface area contributed by atoms with Gasteiger partial charge in [-0.15, -0.1) is 0 Å². The number of hydrogen-bond donors (Lipinski definition) is 1. The summed E-state index contributed by atoms with van der Waals surface area (Å²) in [6.45, 7) is 0.625. The summed E-state index contributed by atoms with van der Waals surface area (Å²) in [5.41, 5.74) is 6.79. The number of methoxy groups -OCH3 is 3. The normalized spacial score (nSPS) is 12.4. The SMILES string of the molecule is COc1cc(C(CCN)N(C)C)cc(OC)c1OC. The van der Waals surface area contributed by atoms with Gasteiger partial charge in [-0.25, -0.2) is 0 Å². The molecule has 1 aromatic carbocycles. The van der Waals surface area contributed by atoms with Crippen molar-refractivity contribution < 1.29 is 14.2 Å². The van der Waals surface area contributed by atoms with Crippen LogP contribution in [0.4, 0.5) is 0 Å². The first-order chi connectivity index (χ1) is 9.08. The van der Waals surface area contributed by atoms with Gasteiger partial charge >= 0.3 is 0 Å². The van der Waals surface area contributed by atoms with Crippen molar-refractivity contribution in [2.45, 2.75) is 12.5 Å². The van der Waals surface area contributed by atoms with E-state index >= 15 is 0 Å². The number of nitrogens with two attached hydrogens (primary N) is 1. The maximum atomic E-state index is 5.69. The molecule has 0 saturated heterocycles. The molecule has 0 amide bonds. The highest BCUT2D eigenvalue weighted by Crippen LogP contribution is 2.40. The predicted octanol–water partition coefficient (Wildman–Crippen LogP) is 1.66. The molecule has 0 saturated carbocycles. The summed E-state index contributed by atoms with van der Waals surface area (Å²) in [5, 5.41) is 0. The Labute approximate surface area is 115 Å². The Bertz CT molecular complexity index is 383. The van der Waals surface area contributed by atoms with E-state index in [2.05, 4.69) is 4.90 Å². The Kier molecular flexibility index (Phi) is 5.92. The Balaban J connectivity index is 3.27. The van der Waals surface area contributed by atoms with Crippen LogP contribution in [0, 0.1) is 0 Å². The fraction of sp³-hybridized carbons (Fsp3) is 0.571. The topological polar surface area (TPSA) is 57.0 Å². The molecule has 0 fully saturated rings. The van der Waals surface area contributed by atoms with Crippen molar-refractivity contribution in [3.8, 4) is 17.2 Å². The molecule has 0 heterocycles. The molecule has 1 unspecified atom stereocenters. The van der Waals surface area contributed by atoms with Gasteiger partial charge in [-0.1, -0.05) is 0 Å². The molecule has 0 bridgehead atoms. The molecule has 0 aromatic heterocycles. The zero-order valence-corrected chi connectivity index (χ0v) is 12.4. The first-order valence-electron chi connectivity index (χ1n) is 6.25. The van der Waals surface area contributed by atoms with Crippen molar-refractivity contribution in [2.24, 2.45) is 5.73 Å². The molecule has 1 aromatic rings. The van der Waals surface area contributed by atoms with E-state index < -0.39 is 0 Å². The van der Waals surface area contributed by atoms with E-state index in [9.17, 15) is 0 Å². The molecule has 5 nitrogen and oxygen atoms in total. The highest BCUT2D eigenvalue weighted by Gasteiger charge is 2.19. The molecule has 2 N–H and O–H groups in total. The van der Waals surface area contributed by atoms with Crippen LogP contribution in [-0.4, -0.2) is 46.9 Å². The van der Waals surface area contributed by atoms with E-state index in [0.717, 1.165) is 12.0 Å². The van der Waals surface area contributed by atoms with E-state index in [4.69, 9.17) is 19.9 Å². The molecule has 1 rings (SSSR count). The second-order valence-corrected chi connectivity index (χ2v) is 4.52. The molecular weight excluding hydrogens is 244 g/mol. The summed E-state index contributed by atoms with van der Waals surface area (Å²) in [7, 11) is 8.90. The second-order valence-electron chi connectivity index (χ2n) is 4.52. The summed E-state index contributed by atoms with van der Waals surface area (Å²) >= 11 is 0. The molecular formula is C14H24N2O3. The zero-order chi connectivity index (χ0) is 14.4. The van der Waals surface area contributed by atoms with Gasteiger partial charge in [-0.2, -0.15) is 0 Å². The number of ether oxygens (including phenoxy) is 3. The summed E-state index contributed by atoms with van der Waals surface area (Å²) in [6.07, 6.45) is 0.867. The first-order valence-corrected chi connectivity index (χ1v) is 6.25. The Hall–Kier alpha value is -1.46. The van der Waals surface area contributed by atoms with Crippen molar-refractivity contribution in [1.29, 1.82) is 0 Å². The van der Waals surface area contributed by atoms with Gasteiger partial charge in [0, 0.05) is 6.04 Å². The predicted molar refractivity (Wildman–Crippen MR) is 76.2 cm³/mol. The van der Waals surface area contributed by atoms with Crippen molar-refractivity contribution in [3.05, 3.63) is 17.7 Å². The summed E-state index contributed by atoms with van der Waals surface area (Å²) < 4.78 is 16.1. The van der Waals surface area contributed by atoms with E-state index in [0.29, 0.717) is 23.8 Å². The Morgan fingerprint density at radius 2 is 1.58 bits per heavy atom. The molecule has 0 aliphatic rings. The molecule has 1 atom stereocenters. The minimum absolute atomic E-state index is 0.221. The van der Waals surface area contributed by atoms with Crippen LogP contribution < -0.4 is 19.9 Å². The van der Waals surface area contributed by atoms with Gasteiger partial charge in [0.25, 0.3) is 0 Å². The molecule has 0 radical (unpaired) electrons. The van der Waals surface area contributed by atoms with Crippen molar-refractivity contribution in [1.82, 2.24) is 4.90 Å². The van der Waals surface area contributed by atoms with Crippen LogP contribution in [0.5, 0.6) is 17.2 Å². The Morgan fingerprint density at radius 3 is 1.89 bits per heavy atom. The zero-order valence-electron chi connectivity index (χ0n) is 12.4. The lowest BCUT2D eigenvalue weighted by atomic mass is 10.0. The average Bonchev–Trinajstić information content (AvgIpc) is 2.42. The number of hydrogen-bond acceptors (Lipinski definition) is 5. The van der Waals surface area contributed by atoms with Gasteiger partial charge in [0.2, 0.25) is 5.75 Å². The third-order valence-corrected chi connectivity index (χ3v) is 3.14. The van der Waals surface area contributed by atoms with Gasteiger partial charge in [0.15, 0.2) is 11.5 Å². The second kappa shape index (κ2) is 7.21. The molecule has 0 aliphatic heterocycles. The van der Waals surface area contributed by atoms with Gasteiger partial charge < -0.3 is 24.8 Å². The molecule has 0 spiro atoms. The smallest absolute Gasteiger partial charge is 0.203 e. The highest BCUT2D eigenvalue weighted by atomic mass is 16.5. The molecule has 19 heavy (non-hydrogen) atoms. The van der Waals surface area contributed by atoms with Crippen LogP contribution in [-0.2, 0) is 0 Å². The van der Waals surface area contributed by atoms with E-state index in [1.165, 1.54) is 0 Å². The summed E-state index contributed by atoms with van der Waals surface area (Å²) in [6, 6.07) is 4.17. The lowest BCUT2D eigenvalue weighted by molar-refractivity contribution is 0.281. The fourth-order valence-corrected chi connectivity index (χ4v) is 2.17. The quantitative estimate of drug-likeness (QED) is 0.815. The summed E-state index contributed by atoms with van der Waals surface area (Å²) in [4.78, 5) is 2.13. The van der Waals surface area contributed by atoms with E-state index in [1.54, 1.807) is 21.3 Å². The van der Waals surface area contributed by atoms with Crippen molar-refractivity contribution in [3.63, 3.8) is 0 Å². The Morgan fingerprint density at radius 1 is 1.05 bits per heavy atom. The third kappa shape index (κ3) is 3.52. The number of rotatable bonds is 7. The number of benzene rings is 1. The molecule has 0 aliphatic carbocycles. The maximum Gasteiger partial charge on any atom is 0.203 e. The average molecular weight is 268 g/mol. The van der Waals surface area contributed by atoms with Crippen molar-refractivity contribution >= 4 is 0 Å². The lowest BCUT2D eigenvalue weighted by Gasteiger charge is -2.25. The highest BCUT2D eigenvalue weighted by molar-refractivity contribution is 5.54. The van der Waals surface area contributed by atoms with Crippen LogP contribution >= 0.6 is 0 Å². The largest absolute Gasteiger partial charge is 0.493 e. The fourth-order valence-electron chi connectivity index (χ4n) is 2.17. The van der Waals surface area contributed by atoms with Gasteiger partial charge in [0.1, 0.15) is 0 Å². The van der Waals surface area contributed by atoms with Crippen LogP contribution in [0.25, 0.3) is 0 Å². The minimum atomic E-state index is 0.221. The van der Waals surface area contributed by atoms with Crippen LogP contribution in [0.1, 0.15) is 18.0 Å². The monoisotopic (exact) mass is 268 g/mol. The third-order valence-electron chi connectivity index (χ3n) is 3.14. The standard InChI is InChI=1S/C14H24N2O3/c1-16(2)11(6-7-15)10-8-12(17-3)14(19-5)13(9-10)18-4/h8-9,11H,6-7,15H2,1-5H3. The van der Waals surface area contributed by atoms with Gasteiger partial charge in [-0.05, 0) is 44.8 Å². The van der Waals surface area contributed by atoms with Gasteiger partial charge in [0.05, 0.1) is 21.3 Å². The lowest BCUT2D eigenvalue weighted by Crippen LogP contribution is -2.22. The first kappa shape index (κ1) is 15.6. The summed E-state index contributed by atoms with van der Waals surface area (Å²) in [5.74, 6) is 1.94. The van der Waals surface area contributed by atoms with E-state index in [-0.39, 0.29) is 6.04 Å². The molecule has 108 valence electrons. The van der Waals surface area contributed by atoms with Crippen LogP contribution in [0.2, 0.25) is 0 Å². The van der Waals surface area contributed by atoms with Crippen LogP contribution in [0.15, 0.2) is 12.1 Å². The van der Waals surface area contributed by atoms with Crippen molar-refractivity contribution in [2.75, 3.05) is 42.0 Å².